The van der Waals surface area contributed by atoms with Crippen molar-refractivity contribution >= 4 is 34.4 Å². The van der Waals surface area contributed by atoms with E-state index in [1.807, 2.05) is 77.1 Å². The summed E-state index contributed by atoms with van der Waals surface area (Å²) in [6, 6.07) is 16.4. The zero-order valence-electron chi connectivity index (χ0n) is 26.2. The van der Waals surface area contributed by atoms with Crippen LogP contribution in [0, 0.1) is 12.8 Å². The summed E-state index contributed by atoms with van der Waals surface area (Å²) in [6.45, 7) is 16.3. The van der Waals surface area contributed by atoms with Gasteiger partial charge in [-0.15, -0.1) is 0 Å². The van der Waals surface area contributed by atoms with E-state index < -0.39 is 41.1 Å². The molecule has 3 atom stereocenters. The Bertz CT molecular complexity index is 1440. The van der Waals surface area contributed by atoms with E-state index in [-0.39, 0.29) is 17.2 Å². The van der Waals surface area contributed by atoms with Crippen LogP contribution in [-0.2, 0) is 14.3 Å². The van der Waals surface area contributed by atoms with Crippen LogP contribution in [0.5, 0.6) is 5.75 Å². The minimum absolute atomic E-state index is 0.0709. The Hall–Kier alpha value is -4.07. The molecule has 8 heteroatoms. The van der Waals surface area contributed by atoms with Crippen molar-refractivity contribution in [2.45, 2.75) is 92.0 Å². The number of nitrogens with zero attached hydrogens (tertiary/aromatic N) is 1. The summed E-state index contributed by atoms with van der Waals surface area (Å²) in [4.78, 5) is 43.1. The number of aromatic hydroxyl groups is 1. The highest BCUT2D eigenvalue weighted by molar-refractivity contribution is 6.01. The van der Waals surface area contributed by atoms with Gasteiger partial charge in [0.2, 0.25) is 5.91 Å². The summed E-state index contributed by atoms with van der Waals surface area (Å²) in [5, 5.41) is 18.9. The van der Waals surface area contributed by atoms with Crippen LogP contribution in [-0.4, -0.2) is 45.1 Å². The lowest BCUT2D eigenvalue weighted by Gasteiger charge is -2.44. The fourth-order valence-electron chi connectivity index (χ4n) is 4.89. The SMILES string of the molecule is CCC(C)C(NC(=O)OC(C)(C)C)C(=O)N(C(C(=O)Nc1ccc2ccccc2c1)c1cccc(C)c1O)C(C)(C)C. The average molecular weight is 576 g/mol. The normalized spacial score (nSPS) is 14.0. The van der Waals surface area contributed by atoms with Gasteiger partial charge in [0.25, 0.3) is 5.91 Å². The number of rotatable bonds is 8. The van der Waals surface area contributed by atoms with Gasteiger partial charge >= 0.3 is 6.09 Å². The van der Waals surface area contributed by atoms with Gasteiger partial charge in [0.05, 0.1) is 0 Å². The number of anilines is 1. The van der Waals surface area contributed by atoms with Crippen LogP contribution >= 0.6 is 0 Å². The van der Waals surface area contributed by atoms with Gasteiger partial charge in [-0.25, -0.2) is 4.79 Å². The molecule has 0 aliphatic heterocycles. The van der Waals surface area contributed by atoms with E-state index in [2.05, 4.69) is 10.6 Å². The first-order valence-corrected chi connectivity index (χ1v) is 14.4. The van der Waals surface area contributed by atoms with Crippen LogP contribution in [0.1, 0.15) is 79.0 Å². The number of benzene rings is 3. The number of phenolic OH excluding ortho intramolecular Hbond substituents is 1. The van der Waals surface area contributed by atoms with Crippen molar-refractivity contribution in [1.82, 2.24) is 10.2 Å². The van der Waals surface area contributed by atoms with Crippen molar-refractivity contribution in [3.8, 4) is 5.75 Å². The zero-order chi connectivity index (χ0) is 31.4. The molecule has 3 rings (SSSR count). The van der Waals surface area contributed by atoms with Crippen LogP contribution in [0.4, 0.5) is 10.5 Å². The molecule has 0 heterocycles. The molecule has 42 heavy (non-hydrogen) atoms. The molecule has 0 spiro atoms. The van der Waals surface area contributed by atoms with Crippen LogP contribution in [0.3, 0.4) is 0 Å². The second kappa shape index (κ2) is 12.8. The van der Waals surface area contributed by atoms with Gasteiger partial charge < -0.3 is 25.4 Å². The smallest absolute Gasteiger partial charge is 0.408 e. The van der Waals surface area contributed by atoms with Crippen LogP contribution in [0.2, 0.25) is 0 Å². The summed E-state index contributed by atoms with van der Waals surface area (Å²) in [7, 11) is 0. The molecule has 8 nitrogen and oxygen atoms in total. The molecule has 0 fully saturated rings. The Morgan fingerprint density at radius 3 is 2.17 bits per heavy atom. The highest BCUT2D eigenvalue weighted by Crippen LogP contribution is 2.37. The average Bonchev–Trinajstić information content (AvgIpc) is 2.89. The molecule has 0 saturated carbocycles. The number of nitrogens with one attached hydrogen (secondary N) is 2. The number of fused-ring (bicyclic) bond motifs is 1. The van der Waals surface area contributed by atoms with E-state index in [0.29, 0.717) is 17.7 Å². The Morgan fingerprint density at radius 1 is 0.929 bits per heavy atom. The first-order chi connectivity index (χ1) is 19.5. The number of ether oxygens (including phenoxy) is 1. The predicted molar refractivity (Wildman–Crippen MR) is 167 cm³/mol. The molecule has 3 amide bonds. The van der Waals surface area contributed by atoms with E-state index in [0.717, 1.165) is 10.8 Å². The van der Waals surface area contributed by atoms with E-state index in [9.17, 15) is 19.5 Å². The first kappa shape index (κ1) is 32.4. The zero-order valence-corrected chi connectivity index (χ0v) is 26.2. The van der Waals surface area contributed by atoms with Crippen molar-refractivity contribution in [2.75, 3.05) is 5.32 Å². The summed E-state index contributed by atoms with van der Waals surface area (Å²) in [5.74, 6) is -1.29. The monoisotopic (exact) mass is 575 g/mol. The van der Waals surface area contributed by atoms with E-state index in [1.165, 1.54) is 4.90 Å². The lowest BCUT2D eigenvalue weighted by atomic mass is 9.91. The maximum Gasteiger partial charge on any atom is 0.408 e. The Morgan fingerprint density at radius 2 is 1.57 bits per heavy atom. The van der Waals surface area contributed by atoms with Gasteiger partial charge in [-0.1, -0.05) is 68.8 Å². The largest absolute Gasteiger partial charge is 0.507 e. The highest BCUT2D eigenvalue weighted by atomic mass is 16.6. The third-order valence-electron chi connectivity index (χ3n) is 7.20. The molecule has 0 aliphatic rings. The molecular formula is C34H45N3O5. The van der Waals surface area contributed by atoms with Gasteiger partial charge in [0.15, 0.2) is 0 Å². The molecule has 0 aliphatic carbocycles. The first-order valence-electron chi connectivity index (χ1n) is 14.4. The molecule has 0 radical (unpaired) electrons. The highest BCUT2D eigenvalue weighted by Gasteiger charge is 2.44. The molecule has 3 aromatic rings. The van der Waals surface area contributed by atoms with Crippen molar-refractivity contribution in [2.24, 2.45) is 5.92 Å². The number of alkyl carbamates (subject to hydrolysis) is 1. The second-order valence-electron chi connectivity index (χ2n) is 12.9. The number of para-hydroxylation sites is 1. The van der Waals surface area contributed by atoms with Gasteiger partial charge in [-0.05, 0) is 82.9 Å². The molecule has 3 unspecified atom stereocenters. The number of carbonyl (C=O) groups excluding carboxylic acids is 3. The fraction of sp³-hybridized carbons (Fsp3) is 0.441. The maximum atomic E-state index is 14.5. The van der Waals surface area contributed by atoms with Gasteiger partial charge in [0.1, 0.15) is 23.4 Å². The predicted octanol–water partition coefficient (Wildman–Crippen LogP) is 7.10. The van der Waals surface area contributed by atoms with Crippen molar-refractivity contribution in [1.29, 1.82) is 0 Å². The van der Waals surface area contributed by atoms with Crippen molar-refractivity contribution < 1.29 is 24.2 Å². The fourth-order valence-corrected chi connectivity index (χ4v) is 4.89. The topological polar surface area (TPSA) is 108 Å². The lowest BCUT2D eigenvalue weighted by molar-refractivity contribution is -0.148. The quantitative estimate of drug-likeness (QED) is 0.266. The number of amides is 3. The molecular weight excluding hydrogens is 530 g/mol. The van der Waals surface area contributed by atoms with Crippen LogP contribution < -0.4 is 10.6 Å². The second-order valence-corrected chi connectivity index (χ2v) is 12.9. The van der Waals surface area contributed by atoms with Crippen molar-refractivity contribution in [3.63, 3.8) is 0 Å². The van der Waals surface area contributed by atoms with E-state index in [1.54, 1.807) is 45.9 Å². The molecule has 0 aromatic heterocycles. The van der Waals surface area contributed by atoms with Gasteiger partial charge in [0, 0.05) is 16.8 Å². The molecule has 0 bridgehead atoms. The Kier molecular flexibility index (Phi) is 9.92. The van der Waals surface area contributed by atoms with E-state index in [4.69, 9.17) is 4.74 Å². The number of aryl methyl sites for hydroxylation is 1. The van der Waals surface area contributed by atoms with Crippen LogP contribution in [0.15, 0.2) is 60.7 Å². The van der Waals surface area contributed by atoms with Gasteiger partial charge in [-0.3, -0.25) is 9.59 Å². The standard InChI is InChI=1S/C34H45N3O5/c1-10-21(2)27(36-32(41)42-34(7,8)9)31(40)37(33(4,5)6)28(26-17-13-14-22(3)29(26)38)30(39)35-25-19-18-23-15-11-12-16-24(23)20-25/h11-21,27-28,38H,10H2,1-9H3,(H,35,39)(H,36,41). The van der Waals surface area contributed by atoms with E-state index >= 15 is 0 Å². The summed E-state index contributed by atoms with van der Waals surface area (Å²) in [6.07, 6.45) is -0.126. The Balaban J connectivity index is 2.13. The number of hydrogen-bond donors (Lipinski definition) is 3. The minimum Gasteiger partial charge on any atom is -0.507 e. The van der Waals surface area contributed by atoms with Gasteiger partial charge in [-0.2, -0.15) is 0 Å². The number of hydrogen-bond acceptors (Lipinski definition) is 5. The number of phenols is 1. The molecule has 226 valence electrons. The minimum atomic E-state index is -1.21. The summed E-state index contributed by atoms with van der Waals surface area (Å²) >= 11 is 0. The molecule has 3 aromatic carbocycles. The lowest BCUT2D eigenvalue weighted by Crippen LogP contribution is -2.59. The Labute approximate surface area is 249 Å². The molecule has 0 saturated heterocycles. The van der Waals surface area contributed by atoms with Crippen LogP contribution in [0.25, 0.3) is 10.8 Å². The third-order valence-corrected chi connectivity index (χ3v) is 7.20. The maximum absolute atomic E-state index is 14.5. The summed E-state index contributed by atoms with van der Waals surface area (Å²) in [5.41, 5.74) is -0.228. The third kappa shape index (κ3) is 7.81. The number of carbonyl (C=O) groups is 3. The van der Waals surface area contributed by atoms with Crippen molar-refractivity contribution in [3.05, 3.63) is 71.8 Å². The summed E-state index contributed by atoms with van der Waals surface area (Å²) < 4.78 is 5.48. The molecule has 3 N–H and O–H groups in total.